The number of thiazole rings is 1. The molecule has 1 amide bonds. The third-order valence-electron chi connectivity index (χ3n) is 3.90. The van der Waals surface area contributed by atoms with Gasteiger partial charge in [-0.05, 0) is 18.2 Å². The molecule has 0 saturated carbocycles. The van der Waals surface area contributed by atoms with E-state index in [-0.39, 0.29) is 22.2 Å². The van der Waals surface area contributed by atoms with Crippen molar-refractivity contribution < 1.29 is 18.0 Å². The van der Waals surface area contributed by atoms with Gasteiger partial charge in [0.1, 0.15) is 16.7 Å². The average molecular weight is 404 g/mol. The summed E-state index contributed by atoms with van der Waals surface area (Å²) in [7, 11) is 1.58. The van der Waals surface area contributed by atoms with E-state index in [1.807, 2.05) is 0 Å². The van der Waals surface area contributed by atoms with Crippen LogP contribution in [0.15, 0.2) is 42.7 Å². The van der Waals surface area contributed by atoms with Crippen molar-refractivity contribution in [1.29, 1.82) is 0 Å². The number of amides is 1. The van der Waals surface area contributed by atoms with Crippen molar-refractivity contribution in [2.45, 2.75) is 6.18 Å². The standard InChI is InChI=1S/C17H11F3N6OS/c1-26-13(21-8-22-26)14(27)25-16-24-12-7-6-11(23-15(12)28-16)9-4-2-3-5-10(9)17(18,19)20/h2-8H,1H3,(H,24,25,27). The maximum absolute atomic E-state index is 13.3. The first-order valence-electron chi connectivity index (χ1n) is 7.92. The Labute approximate surface area is 159 Å². The predicted octanol–water partition coefficient (Wildman–Crippen LogP) is 3.76. The highest BCUT2D eigenvalue weighted by Gasteiger charge is 2.33. The molecule has 4 aromatic rings. The maximum Gasteiger partial charge on any atom is 0.417 e. The monoisotopic (exact) mass is 404 g/mol. The molecule has 0 fully saturated rings. The van der Waals surface area contributed by atoms with Crippen LogP contribution in [0.5, 0.6) is 0 Å². The topological polar surface area (TPSA) is 85.6 Å². The van der Waals surface area contributed by atoms with Crippen LogP contribution in [0.1, 0.15) is 16.2 Å². The number of nitrogens with one attached hydrogen (secondary N) is 1. The molecule has 0 aliphatic heterocycles. The maximum atomic E-state index is 13.3. The van der Waals surface area contributed by atoms with Gasteiger partial charge in [0.2, 0.25) is 5.82 Å². The highest BCUT2D eigenvalue weighted by molar-refractivity contribution is 7.22. The third-order valence-corrected chi connectivity index (χ3v) is 4.78. The zero-order chi connectivity index (χ0) is 19.9. The Balaban J connectivity index is 1.68. The van der Waals surface area contributed by atoms with Crippen molar-refractivity contribution in [3.8, 4) is 11.3 Å². The molecule has 3 aromatic heterocycles. The second-order valence-electron chi connectivity index (χ2n) is 5.74. The quantitative estimate of drug-likeness (QED) is 0.562. The van der Waals surface area contributed by atoms with Crippen LogP contribution in [0.2, 0.25) is 0 Å². The molecule has 0 aliphatic carbocycles. The molecule has 4 rings (SSSR count). The Kier molecular flexibility index (Phi) is 4.30. The van der Waals surface area contributed by atoms with Gasteiger partial charge in [-0.25, -0.2) is 19.6 Å². The number of carbonyl (C=O) groups excluding carboxylic acids is 1. The van der Waals surface area contributed by atoms with Gasteiger partial charge >= 0.3 is 6.18 Å². The first-order valence-corrected chi connectivity index (χ1v) is 8.74. The summed E-state index contributed by atoms with van der Waals surface area (Å²) in [6.45, 7) is 0. The molecule has 0 saturated heterocycles. The lowest BCUT2D eigenvalue weighted by Gasteiger charge is -2.11. The van der Waals surface area contributed by atoms with E-state index in [1.165, 1.54) is 35.3 Å². The molecule has 0 atom stereocenters. The molecule has 0 aliphatic rings. The Hall–Kier alpha value is -3.34. The van der Waals surface area contributed by atoms with Crippen LogP contribution in [0.3, 0.4) is 0 Å². The van der Waals surface area contributed by atoms with Crippen LogP contribution < -0.4 is 5.32 Å². The molecule has 0 unspecified atom stereocenters. The molecule has 1 N–H and O–H groups in total. The number of anilines is 1. The number of alkyl halides is 3. The van der Waals surface area contributed by atoms with Gasteiger partial charge in [-0.2, -0.15) is 18.3 Å². The summed E-state index contributed by atoms with van der Waals surface area (Å²) in [4.78, 5) is 25.0. The van der Waals surface area contributed by atoms with Crippen molar-refractivity contribution in [2.24, 2.45) is 7.05 Å². The van der Waals surface area contributed by atoms with Gasteiger partial charge < -0.3 is 0 Å². The fourth-order valence-corrected chi connectivity index (χ4v) is 3.46. The minimum absolute atomic E-state index is 0.0185. The molecule has 11 heteroatoms. The summed E-state index contributed by atoms with van der Waals surface area (Å²) in [5.41, 5.74) is -0.140. The zero-order valence-corrected chi connectivity index (χ0v) is 15.0. The summed E-state index contributed by atoms with van der Waals surface area (Å²) >= 11 is 1.06. The molecule has 1 aromatic carbocycles. The van der Waals surface area contributed by atoms with E-state index in [1.54, 1.807) is 13.1 Å². The third kappa shape index (κ3) is 3.31. The molecule has 0 radical (unpaired) electrons. The number of aromatic nitrogens is 5. The lowest BCUT2D eigenvalue weighted by atomic mass is 10.0. The largest absolute Gasteiger partial charge is 0.417 e. The summed E-state index contributed by atoms with van der Waals surface area (Å²) in [6, 6.07) is 8.28. The van der Waals surface area contributed by atoms with Gasteiger partial charge in [0, 0.05) is 12.6 Å². The smallest absolute Gasteiger partial charge is 0.295 e. The summed E-state index contributed by atoms with van der Waals surface area (Å²) < 4.78 is 41.1. The summed E-state index contributed by atoms with van der Waals surface area (Å²) in [6.07, 6.45) is -3.24. The normalized spacial score (nSPS) is 11.7. The van der Waals surface area contributed by atoms with Gasteiger partial charge in [0.25, 0.3) is 5.91 Å². The van der Waals surface area contributed by atoms with E-state index in [2.05, 4.69) is 25.4 Å². The van der Waals surface area contributed by atoms with Crippen molar-refractivity contribution in [3.05, 3.63) is 54.1 Å². The number of pyridine rings is 1. The van der Waals surface area contributed by atoms with E-state index >= 15 is 0 Å². The van der Waals surface area contributed by atoms with E-state index in [0.717, 1.165) is 17.4 Å². The number of benzene rings is 1. The van der Waals surface area contributed by atoms with Gasteiger partial charge in [-0.15, -0.1) is 0 Å². The van der Waals surface area contributed by atoms with Crippen LogP contribution in [0.25, 0.3) is 21.6 Å². The summed E-state index contributed by atoms with van der Waals surface area (Å²) in [5.74, 6) is -0.395. The Morgan fingerprint density at radius 3 is 2.64 bits per heavy atom. The van der Waals surface area contributed by atoms with Crippen molar-refractivity contribution >= 4 is 32.7 Å². The number of hydrogen-bond donors (Lipinski definition) is 1. The predicted molar refractivity (Wildman–Crippen MR) is 96.8 cm³/mol. The molecular formula is C17H11F3N6OS. The van der Waals surface area contributed by atoms with Crippen molar-refractivity contribution in [1.82, 2.24) is 24.7 Å². The highest BCUT2D eigenvalue weighted by Crippen LogP contribution is 2.37. The number of rotatable bonds is 3. The Morgan fingerprint density at radius 1 is 1.14 bits per heavy atom. The number of halogens is 3. The molecule has 142 valence electrons. The highest BCUT2D eigenvalue weighted by atomic mass is 32.1. The van der Waals surface area contributed by atoms with Crippen LogP contribution >= 0.6 is 11.3 Å². The number of nitrogens with zero attached hydrogens (tertiary/aromatic N) is 5. The lowest BCUT2D eigenvalue weighted by molar-refractivity contribution is -0.137. The van der Waals surface area contributed by atoms with Crippen LogP contribution in [-0.2, 0) is 13.2 Å². The van der Waals surface area contributed by atoms with E-state index in [9.17, 15) is 18.0 Å². The summed E-state index contributed by atoms with van der Waals surface area (Å²) in [5, 5.41) is 6.67. The fourth-order valence-electron chi connectivity index (χ4n) is 2.63. The molecule has 28 heavy (non-hydrogen) atoms. The molecule has 3 heterocycles. The number of aryl methyl sites for hydroxylation is 1. The van der Waals surface area contributed by atoms with E-state index < -0.39 is 17.6 Å². The number of hydrogen-bond acceptors (Lipinski definition) is 6. The zero-order valence-electron chi connectivity index (χ0n) is 14.2. The van der Waals surface area contributed by atoms with Crippen molar-refractivity contribution in [3.63, 3.8) is 0 Å². The van der Waals surface area contributed by atoms with Crippen LogP contribution in [-0.4, -0.2) is 30.6 Å². The number of fused-ring (bicyclic) bond motifs is 1. The first kappa shape index (κ1) is 18.0. The Bertz CT molecular complexity index is 1180. The first-order chi connectivity index (χ1) is 13.3. The second kappa shape index (κ2) is 6.68. The minimum atomic E-state index is -4.49. The number of carbonyl (C=O) groups is 1. The van der Waals surface area contributed by atoms with Crippen LogP contribution in [0.4, 0.5) is 18.3 Å². The van der Waals surface area contributed by atoms with Gasteiger partial charge in [0.15, 0.2) is 5.13 Å². The second-order valence-corrected chi connectivity index (χ2v) is 6.72. The SMILES string of the molecule is Cn1ncnc1C(=O)Nc1nc2ccc(-c3ccccc3C(F)(F)F)nc2s1. The fraction of sp³-hybridized carbons (Fsp3) is 0.118. The van der Waals surface area contributed by atoms with E-state index in [4.69, 9.17) is 0 Å². The molecular weight excluding hydrogens is 393 g/mol. The molecule has 0 bridgehead atoms. The molecule has 0 spiro atoms. The lowest BCUT2D eigenvalue weighted by Crippen LogP contribution is -2.17. The van der Waals surface area contributed by atoms with Crippen molar-refractivity contribution in [2.75, 3.05) is 5.32 Å². The van der Waals surface area contributed by atoms with Gasteiger partial charge in [-0.1, -0.05) is 29.5 Å². The molecule has 7 nitrogen and oxygen atoms in total. The Morgan fingerprint density at radius 2 is 1.93 bits per heavy atom. The van der Waals surface area contributed by atoms with Crippen LogP contribution in [0, 0.1) is 0 Å². The minimum Gasteiger partial charge on any atom is -0.295 e. The van der Waals surface area contributed by atoms with E-state index in [0.29, 0.717) is 10.3 Å². The average Bonchev–Trinajstić information content (AvgIpc) is 3.25. The van der Waals surface area contributed by atoms with Gasteiger partial charge in [0.05, 0.1) is 11.3 Å². The van der Waals surface area contributed by atoms with Gasteiger partial charge in [-0.3, -0.25) is 10.1 Å².